The average Bonchev–Trinajstić information content (AvgIpc) is 2.92. The number of thiazole rings is 1. The van der Waals surface area contributed by atoms with Gasteiger partial charge in [-0.2, -0.15) is 0 Å². The van der Waals surface area contributed by atoms with Crippen molar-refractivity contribution < 1.29 is 4.74 Å². The molecular weight excluding hydrogens is 256 g/mol. The number of fused-ring (bicyclic) bond motifs is 1. The Bertz CT molecular complexity index is 591. The van der Waals surface area contributed by atoms with Crippen LogP contribution in [0, 0.1) is 5.41 Å². The fourth-order valence-corrected chi connectivity index (χ4v) is 3.78. The first kappa shape index (κ1) is 12.7. The number of ether oxygens (including phenoxy) is 1. The lowest BCUT2D eigenvalue weighted by molar-refractivity contribution is 0.350. The minimum atomic E-state index is 0.371. The Kier molecular flexibility index (Phi) is 3.13. The van der Waals surface area contributed by atoms with E-state index in [1.165, 1.54) is 24.0 Å². The van der Waals surface area contributed by atoms with Gasteiger partial charge in [0.25, 0.3) is 0 Å². The summed E-state index contributed by atoms with van der Waals surface area (Å²) in [5.74, 6) is 0.892. The standard InChI is InChI=1S/C15H20N2OS/c1-15(2)8-4-5-13(15)17-14-16-11-7-6-10(18-3)9-12(11)19-14/h6-7,9,13H,4-5,8H2,1-3H3,(H,16,17). The topological polar surface area (TPSA) is 34.1 Å². The molecular formula is C15H20N2OS. The van der Waals surface area contributed by atoms with Gasteiger partial charge in [0.05, 0.1) is 17.3 Å². The number of aromatic nitrogens is 1. The highest BCUT2D eigenvalue weighted by Gasteiger charge is 2.34. The van der Waals surface area contributed by atoms with Crippen LogP contribution < -0.4 is 10.1 Å². The molecule has 1 fully saturated rings. The quantitative estimate of drug-likeness (QED) is 0.907. The van der Waals surface area contributed by atoms with Gasteiger partial charge < -0.3 is 10.1 Å². The molecule has 0 spiro atoms. The SMILES string of the molecule is COc1ccc2nc(NC3CCCC3(C)C)sc2c1. The maximum atomic E-state index is 5.26. The lowest BCUT2D eigenvalue weighted by atomic mass is 9.87. The number of rotatable bonds is 3. The fourth-order valence-electron chi connectivity index (χ4n) is 2.84. The first-order valence-corrected chi connectivity index (χ1v) is 7.61. The van der Waals surface area contributed by atoms with E-state index in [-0.39, 0.29) is 0 Å². The second-order valence-corrected chi connectivity index (χ2v) is 6.96. The van der Waals surface area contributed by atoms with Gasteiger partial charge in [0.1, 0.15) is 5.75 Å². The van der Waals surface area contributed by atoms with Gasteiger partial charge in [0.15, 0.2) is 5.13 Å². The van der Waals surface area contributed by atoms with Crippen molar-refractivity contribution in [1.82, 2.24) is 4.98 Å². The molecule has 0 bridgehead atoms. The van der Waals surface area contributed by atoms with E-state index in [4.69, 9.17) is 4.74 Å². The summed E-state index contributed by atoms with van der Waals surface area (Å²) in [7, 11) is 1.70. The second-order valence-electron chi connectivity index (χ2n) is 5.93. The summed E-state index contributed by atoms with van der Waals surface area (Å²) >= 11 is 1.71. The molecule has 1 heterocycles. The first-order chi connectivity index (χ1) is 9.08. The van der Waals surface area contributed by atoms with E-state index < -0.39 is 0 Å². The predicted molar refractivity (Wildman–Crippen MR) is 81.2 cm³/mol. The normalized spacial score (nSPS) is 21.7. The lowest BCUT2D eigenvalue weighted by Gasteiger charge is -2.27. The summed E-state index contributed by atoms with van der Waals surface area (Å²) in [5.41, 5.74) is 1.42. The second kappa shape index (κ2) is 4.67. The number of nitrogens with zero attached hydrogens (tertiary/aromatic N) is 1. The molecule has 1 atom stereocenters. The molecule has 19 heavy (non-hydrogen) atoms. The largest absolute Gasteiger partial charge is 0.497 e. The highest BCUT2D eigenvalue weighted by Crippen LogP contribution is 2.40. The molecule has 1 saturated carbocycles. The number of nitrogens with one attached hydrogen (secondary N) is 1. The minimum Gasteiger partial charge on any atom is -0.497 e. The molecule has 4 heteroatoms. The van der Waals surface area contributed by atoms with E-state index in [1.807, 2.05) is 12.1 Å². The van der Waals surface area contributed by atoms with Crippen molar-refractivity contribution in [3.63, 3.8) is 0 Å². The molecule has 0 aliphatic heterocycles. The zero-order chi connectivity index (χ0) is 13.5. The zero-order valence-electron chi connectivity index (χ0n) is 11.7. The third kappa shape index (κ3) is 2.41. The van der Waals surface area contributed by atoms with Crippen molar-refractivity contribution in [1.29, 1.82) is 0 Å². The van der Waals surface area contributed by atoms with Gasteiger partial charge in [0, 0.05) is 6.04 Å². The Morgan fingerprint density at radius 2 is 2.26 bits per heavy atom. The van der Waals surface area contributed by atoms with E-state index in [0.29, 0.717) is 11.5 Å². The summed E-state index contributed by atoms with van der Waals surface area (Å²) in [6.07, 6.45) is 3.85. The van der Waals surface area contributed by atoms with Crippen LogP contribution in [0.25, 0.3) is 10.2 Å². The molecule has 102 valence electrons. The summed E-state index contributed by atoms with van der Waals surface area (Å²) in [4.78, 5) is 4.67. The highest BCUT2D eigenvalue weighted by molar-refractivity contribution is 7.22. The molecule has 3 rings (SSSR count). The van der Waals surface area contributed by atoms with E-state index in [1.54, 1.807) is 18.4 Å². The molecule has 1 N–H and O–H groups in total. The molecule has 1 aromatic carbocycles. The minimum absolute atomic E-state index is 0.371. The first-order valence-electron chi connectivity index (χ1n) is 6.80. The van der Waals surface area contributed by atoms with Crippen molar-refractivity contribution in [3.05, 3.63) is 18.2 Å². The van der Waals surface area contributed by atoms with E-state index in [9.17, 15) is 0 Å². The summed E-state index contributed by atoms with van der Waals surface area (Å²) in [5, 5.41) is 4.66. The summed E-state index contributed by atoms with van der Waals surface area (Å²) < 4.78 is 6.43. The van der Waals surface area contributed by atoms with Crippen LogP contribution in [0.5, 0.6) is 5.75 Å². The van der Waals surface area contributed by atoms with Gasteiger partial charge >= 0.3 is 0 Å². The molecule has 0 radical (unpaired) electrons. The molecule has 3 nitrogen and oxygen atoms in total. The van der Waals surface area contributed by atoms with Crippen LogP contribution in [0.4, 0.5) is 5.13 Å². The average molecular weight is 276 g/mol. The van der Waals surface area contributed by atoms with E-state index in [0.717, 1.165) is 16.4 Å². The van der Waals surface area contributed by atoms with Gasteiger partial charge in [-0.1, -0.05) is 31.6 Å². The van der Waals surface area contributed by atoms with Gasteiger partial charge in [-0.05, 0) is 36.5 Å². The van der Waals surface area contributed by atoms with Crippen molar-refractivity contribution in [3.8, 4) is 5.75 Å². The molecule has 2 aromatic rings. The van der Waals surface area contributed by atoms with Crippen LogP contribution in [0.3, 0.4) is 0 Å². The van der Waals surface area contributed by atoms with Gasteiger partial charge in [-0.15, -0.1) is 0 Å². The predicted octanol–water partition coefficient (Wildman–Crippen LogP) is 4.30. The van der Waals surface area contributed by atoms with Gasteiger partial charge in [-0.3, -0.25) is 0 Å². The van der Waals surface area contributed by atoms with Crippen LogP contribution in [0.15, 0.2) is 18.2 Å². The van der Waals surface area contributed by atoms with Gasteiger partial charge in [0.2, 0.25) is 0 Å². The molecule has 1 aliphatic rings. The van der Waals surface area contributed by atoms with E-state index in [2.05, 4.69) is 30.2 Å². The Morgan fingerprint density at radius 1 is 1.42 bits per heavy atom. The van der Waals surface area contributed by atoms with Crippen LogP contribution in [-0.2, 0) is 0 Å². The number of anilines is 1. The zero-order valence-corrected chi connectivity index (χ0v) is 12.5. The van der Waals surface area contributed by atoms with E-state index >= 15 is 0 Å². The molecule has 0 saturated heterocycles. The third-order valence-electron chi connectivity index (χ3n) is 4.15. The van der Waals surface area contributed by atoms with Crippen molar-refractivity contribution in [2.45, 2.75) is 39.2 Å². The lowest BCUT2D eigenvalue weighted by Crippen LogP contribution is -2.30. The highest BCUT2D eigenvalue weighted by atomic mass is 32.1. The third-order valence-corrected chi connectivity index (χ3v) is 5.10. The summed E-state index contributed by atoms with van der Waals surface area (Å²) in [6, 6.07) is 6.58. The number of methoxy groups -OCH3 is 1. The van der Waals surface area contributed by atoms with Crippen molar-refractivity contribution in [2.24, 2.45) is 5.41 Å². The Hall–Kier alpha value is -1.29. The maximum Gasteiger partial charge on any atom is 0.184 e. The van der Waals surface area contributed by atoms with Crippen molar-refractivity contribution >= 4 is 26.7 Å². The van der Waals surface area contributed by atoms with Crippen molar-refractivity contribution in [2.75, 3.05) is 12.4 Å². The molecule has 0 amide bonds. The molecule has 1 unspecified atom stereocenters. The Balaban J connectivity index is 1.85. The monoisotopic (exact) mass is 276 g/mol. The van der Waals surface area contributed by atoms with Crippen LogP contribution in [0.1, 0.15) is 33.1 Å². The molecule has 1 aliphatic carbocycles. The van der Waals surface area contributed by atoms with Crippen LogP contribution >= 0.6 is 11.3 Å². The summed E-state index contributed by atoms with van der Waals surface area (Å²) in [6.45, 7) is 4.68. The Labute approximate surface area is 118 Å². The van der Waals surface area contributed by atoms with Crippen LogP contribution in [0.2, 0.25) is 0 Å². The van der Waals surface area contributed by atoms with Gasteiger partial charge in [-0.25, -0.2) is 4.98 Å². The fraction of sp³-hybridized carbons (Fsp3) is 0.533. The number of hydrogen-bond donors (Lipinski definition) is 1. The Morgan fingerprint density at radius 3 is 2.95 bits per heavy atom. The number of benzene rings is 1. The van der Waals surface area contributed by atoms with Crippen LogP contribution in [-0.4, -0.2) is 18.1 Å². The smallest absolute Gasteiger partial charge is 0.184 e. The molecule has 1 aromatic heterocycles. The maximum absolute atomic E-state index is 5.26. The number of hydrogen-bond acceptors (Lipinski definition) is 4.